The van der Waals surface area contributed by atoms with Gasteiger partial charge in [0.15, 0.2) is 0 Å². The van der Waals surface area contributed by atoms with Crippen LogP contribution in [0.2, 0.25) is 0 Å². The lowest BCUT2D eigenvalue weighted by Crippen LogP contribution is -2.26. The van der Waals surface area contributed by atoms with Gasteiger partial charge in [-0.25, -0.2) is 0 Å². The predicted octanol–water partition coefficient (Wildman–Crippen LogP) is 5.60. The first kappa shape index (κ1) is 20.6. The van der Waals surface area contributed by atoms with Gasteiger partial charge in [-0.3, -0.25) is 9.69 Å². The third-order valence-electron chi connectivity index (χ3n) is 4.11. The van der Waals surface area contributed by atoms with Gasteiger partial charge in [0.2, 0.25) is 0 Å². The molecule has 2 heteroatoms. The molecule has 0 amide bonds. The van der Waals surface area contributed by atoms with Gasteiger partial charge in [-0.15, -0.1) is 0 Å². The number of carbonyl (C=O) groups excluding carboxylic acids is 1. The zero-order valence-electron chi connectivity index (χ0n) is 15.0. The second kappa shape index (κ2) is 16.0. The number of ketones is 1. The molecular weight excluding hydrogens is 258 g/mol. The molecule has 0 aromatic heterocycles. The van der Waals surface area contributed by atoms with E-state index in [1.165, 1.54) is 64.2 Å². The summed E-state index contributed by atoms with van der Waals surface area (Å²) in [6.45, 7) is 6.10. The lowest BCUT2D eigenvalue weighted by molar-refractivity contribution is -0.120. The van der Waals surface area contributed by atoms with Crippen LogP contribution in [-0.4, -0.2) is 30.8 Å². The van der Waals surface area contributed by atoms with Gasteiger partial charge in [0.25, 0.3) is 0 Å². The molecule has 0 rings (SSSR count). The molecule has 0 saturated carbocycles. The molecule has 0 aliphatic carbocycles. The maximum atomic E-state index is 11.7. The average Bonchev–Trinajstić information content (AvgIpc) is 2.45. The first-order valence-corrected chi connectivity index (χ1v) is 9.41. The minimum atomic E-state index is 0.418. The van der Waals surface area contributed by atoms with Gasteiger partial charge in [-0.2, -0.15) is 0 Å². The van der Waals surface area contributed by atoms with Crippen molar-refractivity contribution in [3.8, 4) is 0 Å². The average molecular weight is 298 g/mol. The second-order valence-electron chi connectivity index (χ2n) is 6.56. The van der Waals surface area contributed by atoms with E-state index in [2.05, 4.69) is 18.7 Å². The number of rotatable bonds is 16. The Labute approximate surface area is 133 Å². The first-order valence-electron chi connectivity index (χ1n) is 9.41. The molecule has 0 aromatic carbocycles. The normalized spacial score (nSPS) is 11.2. The highest BCUT2D eigenvalue weighted by Crippen LogP contribution is 2.12. The lowest BCUT2D eigenvalue weighted by atomic mass is 10.0. The number of likely N-dealkylation sites (N-methyl/N-ethyl adjacent to an activating group) is 1. The van der Waals surface area contributed by atoms with Crippen LogP contribution in [0.1, 0.15) is 97.3 Å². The molecule has 0 aliphatic rings. The van der Waals surface area contributed by atoms with Gasteiger partial charge in [0.1, 0.15) is 5.78 Å². The fourth-order valence-corrected chi connectivity index (χ4v) is 2.83. The van der Waals surface area contributed by atoms with Crippen LogP contribution >= 0.6 is 0 Å². The number of nitrogens with zero attached hydrogens (tertiary/aromatic N) is 1. The Morgan fingerprint density at radius 2 is 1.19 bits per heavy atom. The van der Waals surface area contributed by atoms with Crippen LogP contribution in [0.4, 0.5) is 0 Å². The Balaban J connectivity index is 3.19. The molecule has 0 saturated heterocycles. The molecule has 0 unspecified atom stereocenters. The highest BCUT2D eigenvalue weighted by atomic mass is 16.1. The van der Waals surface area contributed by atoms with E-state index in [1.54, 1.807) is 0 Å². The van der Waals surface area contributed by atoms with E-state index in [1.807, 2.05) is 7.05 Å². The summed E-state index contributed by atoms with van der Waals surface area (Å²) in [4.78, 5) is 13.9. The van der Waals surface area contributed by atoms with E-state index in [4.69, 9.17) is 0 Å². The van der Waals surface area contributed by atoms with E-state index in [0.717, 1.165) is 25.8 Å². The van der Waals surface area contributed by atoms with Gasteiger partial charge in [0, 0.05) is 6.42 Å². The van der Waals surface area contributed by atoms with Gasteiger partial charge >= 0.3 is 0 Å². The molecule has 0 bridgehead atoms. The Hall–Kier alpha value is -0.370. The standard InChI is InChI=1S/C19H39NO/c1-4-6-7-8-9-10-11-12-13-14-15-16-19(21)18-20(3)17-5-2/h4-18H2,1-3H3. The molecule has 0 atom stereocenters. The predicted molar refractivity (Wildman–Crippen MR) is 93.9 cm³/mol. The van der Waals surface area contributed by atoms with E-state index < -0.39 is 0 Å². The molecule has 0 aliphatic heterocycles. The summed E-state index contributed by atoms with van der Waals surface area (Å²) < 4.78 is 0. The van der Waals surface area contributed by atoms with E-state index in [9.17, 15) is 4.79 Å². The van der Waals surface area contributed by atoms with Crippen LogP contribution in [0.25, 0.3) is 0 Å². The maximum Gasteiger partial charge on any atom is 0.146 e. The van der Waals surface area contributed by atoms with Crippen molar-refractivity contribution in [1.29, 1.82) is 0 Å². The van der Waals surface area contributed by atoms with Gasteiger partial charge in [0.05, 0.1) is 6.54 Å². The van der Waals surface area contributed by atoms with Crippen LogP contribution in [0, 0.1) is 0 Å². The number of hydrogen-bond acceptors (Lipinski definition) is 2. The number of hydrogen-bond donors (Lipinski definition) is 0. The monoisotopic (exact) mass is 297 g/mol. The molecule has 0 heterocycles. The zero-order chi connectivity index (χ0) is 15.8. The summed E-state index contributed by atoms with van der Waals surface area (Å²) in [6, 6.07) is 0. The molecule has 0 N–H and O–H groups in total. The fraction of sp³-hybridized carbons (Fsp3) is 0.947. The molecule has 21 heavy (non-hydrogen) atoms. The molecule has 2 nitrogen and oxygen atoms in total. The van der Waals surface area contributed by atoms with Crippen LogP contribution in [0.15, 0.2) is 0 Å². The van der Waals surface area contributed by atoms with Crippen LogP contribution in [0.3, 0.4) is 0 Å². The smallest absolute Gasteiger partial charge is 0.146 e. The van der Waals surface area contributed by atoms with Crippen molar-refractivity contribution in [1.82, 2.24) is 4.90 Å². The molecule has 0 fully saturated rings. The van der Waals surface area contributed by atoms with E-state index >= 15 is 0 Å². The van der Waals surface area contributed by atoms with Crippen molar-refractivity contribution in [3.63, 3.8) is 0 Å². The summed E-state index contributed by atoms with van der Waals surface area (Å²) in [6.07, 6.45) is 16.7. The van der Waals surface area contributed by atoms with Gasteiger partial charge in [-0.05, 0) is 26.4 Å². The van der Waals surface area contributed by atoms with Crippen molar-refractivity contribution >= 4 is 5.78 Å². The topological polar surface area (TPSA) is 20.3 Å². The van der Waals surface area contributed by atoms with Gasteiger partial charge < -0.3 is 0 Å². The van der Waals surface area contributed by atoms with Crippen LogP contribution in [0.5, 0.6) is 0 Å². The highest BCUT2D eigenvalue weighted by Gasteiger charge is 2.05. The molecule has 126 valence electrons. The van der Waals surface area contributed by atoms with Crippen molar-refractivity contribution in [2.45, 2.75) is 97.3 Å². The molecule has 0 radical (unpaired) electrons. The molecule has 0 aromatic rings. The lowest BCUT2D eigenvalue weighted by Gasteiger charge is -2.13. The summed E-state index contributed by atoms with van der Waals surface area (Å²) in [7, 11) is 2.04. The van der Waals surface area contributed by atoms with Crippen molar-refractivity contribution < 1.29 is 4.79 Å². The SMILES string of the molecule is CCCCCCCCCCCCCC(=O)CN(C)CCC. The minimum Gasteiger partial charge on any atom is -0.299 e. The number of carbonyl (C=O) groups is 1. The van der Waals surface area contributed by atoms with Crippen molar-refractivity contribution in [2.24, 2.45) is 0 Å². The zero-order valence-corrected chi connectivity index (χ0v) is 15.0. The third-order valence-corrected chi connectivity index (χ3v) is 4.11. The minimum absolute atomic E-state index is 0.418. The fourth-order valence-electron chi connectivity index (χ4n) is 2.83. The first-order chi connectivity index (χ1) is 10.2. The van der Waals surface area contributed by atoms with Crippen molar-refractivity contribution in [3.05, 3.63) is 0 Å². The Bertz CT molecular complexity index is 228. The Morgan fingerprint density at radius 1 is 0.714 bits per heavy atom. The number of Topliss-reactive ketones (excluding diaryl/α,β-unsaturated/α-hetero) is 1. The summed E-state index contributed by atoms with van der Waals surface area (Å²) in [5.74, 6) is 0.418. The molecule has 0 spiro atoms. The Kier molecular flexibility index (Phi) is 15.7. The summed E-state index contributed by atoms with van der Waals surface area (Å²) in [5.41, 5.74) is 0. The Morgan fingerprint density at radius 3 is 1.67 bits per heavy atom. The molecular formula is C19H39NO. The summed E-state index contributed by atoms with van der Waals surface area (Å²) in [5, 5.41) is 0. The third kappa shape index (κ3) is 15.8. The van der Waals surface area contributed by atoms with Crippen molar-refractivity contribution in [2.75, 3.05) is 20.1 Å². The maximum absolute atomic E-state index is 11.7. The second-order valence-corrected chi connectivity index (χ2v) is 6.56. The summed E-state index contributed by atoms with van der Waals surface area (Å²) >= 11 is 0. The van der Waals surface area contributed by atoms with E-state index in [0.29, 0.717) is 12.3 Å². The number of unbranched alkanes of at least 4 members (excludes halogenated alkanes) is 10. The van der Waals surface area contributed by atoms with Gasteiger partial charge in [-0.1, -0.05) is 78.1 Å². The highest BCUT2D eigenvalue weighted by molar-refractivity contribution is 5.80. The van der Waals surface area contributed by atoms with Crippen LogP contribution in [-0.2, 0) is 4.79 Å². The van der Waals surface area contributed by atoms with E-state index in [-0.39, 0.29) is 0 Å². The quantitative estimate of drug-likeness (QED) is 0.346. The largest absolute Gasteiger partial charge is 0.299 e. The van der Waals surface area contributed by atoms with Crippen LogP contribution < -0.4 is 0 Å².